The lowest BCUT2D eigenvalue weighted by atomic mass is 9.86. The minimum absolute atomic E-state index is 0.00281. The highest BCUT2D eigenvalue weighted by Gasteiger charge is 2.41. The summed E-state index contributed by atoms with van der Waals surface area (Å²) in [5, 5.41) is 4.12. The van der Waals surface area contributed by atoms with E-state index in [-0.39, 0.29) is 24.2 Å². The van der Waals surface area contributed by atoms with Crippen LogP contribution < -0.4 is 0 Å². The van der Waals surface area contributed by atoms with Crippen LogP contribution in [-0.4, -0.2) is 46.0 Å². The van der Waals surface area contributed by atoms with Crippen LogP contribution in [-0.2, 0) is 26.2 Å². The van der Waals surface area contributed by atoms with Gasteiger partial charge in [0.2, 0.25) is 5.91 Å². The second-order valence-corrected chi connectivity index (χ2v) is 6.39. The molecule has 23 heavy (non-hydrogen) atoms. The van der Waals surface area contributed by atoms with E-state index in [1.54, 1.807) is 36.1 Å². The molecule has 0 unspecified atom stereocenters. The highest BCUT2D eigenvalue weighted by atomic mass is 16.5. The molecule has 1 amide bonds. The Hall–Kier alpha value is -2.18. The number of nitrogens with zero attached hydrogens (tertiary/aromatic N) is 3. The van der Waals surface area contributed by atoms with Crippen LogP contribution in [0.2, 0.25) is 0 Å². The predicted octanol–water partition coefficient (Wildman–Crippen LogP) is 0.852. The maximum atomic E-state index is 12.4. The molecule has 0 radical (unpaired) electrons. The first-order valence-electron chi connectivity index (χ1n) is 7.91. The monoisotopic (exact) mass is 319 g/mol. The first kappa shape index (κ1) is 15.7. The molecule has 1 aliphatic carbocycles. The van der Waals surface area contributed by atoms with Gasteiger partial charge < -0.3 is 9.64 Å². The fraction of sp³-hybridized carbons (Fsp3) is 0.625. The van der Waals surface area contributed by atoms with Crippen LogP contribution in [0.1, 0.15) is 37.3 Å². The summed E-state index contributed by atoms with van der Waals surface area (Å²) in [5.74, 6) is -0.804. The van der Waals surface area contributed by atoms with Crippen molar-refractivity contribution < 1.29 is 19.1 Å². The van der Waals surface area contributed by atoms with Crippen LogP contribution in [0.4, 0.5) is 0 Å². The van der Waals surface area contributed by atoms with Gasteiger partial charge in [0.05, 0.1) is 18.2 Å². The standard InChI is InChI=1S/C16H21N3O4/c1-18-8-11(7-17-18)15-12(5-6-14(21)19(15)2)16(22)23-9-13(20)10-3-4-10/h7-8,10,12,15H,3-6,9H2,1-2H3/t12-,15+/m1/s1. The van der Waals surface area contributed by atoms with Crippen LogP contribution in [0.25, 0.3) is 0 Å². The minimum atomic E-state index is -0.464. The van der Waals surface area contributed by atoms with Gasteiger partial charge in [0, 0.05) is 38.2 Å². The molecular weight excluding hydrogens is 298 g/mol. The maximum Gasteiger partial charge on any atom is 0.311 e. The van der Waals surface area contributed by atoms with Gasteiger partial charge in [-0.1, -0.05) is 0 Å². The third-order valence-corrected chi connectivity index (χ3v) is 4.62. The number of hydrogen-bond acceptors (Lipinski definition) is 5. The zero-order chi connectivity index (χ0) is 16.6. The van der Waals surface area contributed by atoms with E-state index < -0.39 is 17.9 Å². The molecule has 2 atom stereocenters. The van der Waals surface area contributed by atoms with Crippen molar-refractivity contribution in [2.45, 2.75) is 31.7 Å². The number of ketones is 1. The molecule has 124 valence electrons. The van der Waals surface area contributed by atoms with Crippen LogP contribution in [0.15, 0.2) is 12.4 Å². The summed E-state index contributed by atoms with van der Waals surface area (Å²) in [6.07, 6.45) is 6.00. The molecule has 1 saturated heterocycles. The van der Waals surface area contributed by atoms with Crippen LogP contribution >= 0.6 is 0 Å². The normalized spacial score (nSPS) is 24.6. The average Bonchev–Trinajstić information content (AvgIpc) is 3.29. The summed E-state index contributed by atoms with van der Waals surface area (Å²) < 4.78 is 6.87. The highest BCUT2D eigenvalue weighted by Crippen LogP contribution is 2.36. The molecular formula is C16H21N3O4. The van der Waals surface area contributed by atoms with Gasteiger partial charge in [-0.25, -0.2) is 0 Å². The van der Waals surface area contributed by atoms with E-state index in [2.05, 4.69) is 5.10 Å². The van der Waals surface area contributed by atoms with E-state index in [4.69, 9.17) is 4.74 Å². The number of carbonyl (C=O) groups is 3. The smallest absolute Gasteiger partial charge is 0.311 e. The number of rotatable bonds is 5. The van der Waals surface area contributed by atoms with Crippen molar-refractivity contribution in [2.75, 3.05) is 13.7 Å². The van der Waals surface area contributed by atoms with Crippen molar-refractivity contribution in [3.63, 3.8) is 0 Å². The van der Waals surface area contributed by atoms with Gasteiger partial charge in [-0.2, -0.15) is 5.10 Å². The Morgan fingerprint density at radius 2 is 2.04 bits per heavy atom. The Morgan fingerprint density at radius 1 is 1.30 bits per heavy atom. The maximum absolute atomic E-state index is 12.4. The molecule has 1 aliphatic heterocycles. The Balaban J connectivity index is 1.73. The van der Waals surface area contributed by atoms with E-state index in [9.17, 15) is 14.4 Å². The van der Waals surface area contributed by atoms with Crippen molar-refractivity contribution in [1.82, 2.24) is 14.7 Å². The van der Waals surface area contributed by atoms with E-state index in [1.165, 1.54) is 0 Å². The fourth-order valence-corrected chi connectivity index (χ4v) is 3.11. The second-order valence-electron chi connectivity index (χ2n) is 6.39. The van der Waals surface area contributed by atoms with Gasteiger partial charge in [0.25, 0.3) is 0 Å². The molecule has 2 aliphatic rings. The van der Waals surface area contributed by atoms with Crippen molar-refractivity contribution >= 4 is 17.7 Å². The highest BCUT2D eigenvalue weighted by molar-refractivity contribution is 5.87. The molecule has 1 aromatic heterocycles. The Kier molecular flexibility index (Phi) is 4.19. The number of aryl methyl sites for hydroxylation is 1. The number of hydrogen-bond donors (Lipinski definition) is 0. The summed E-state index contributed by atoms with van der Waals surface area (Å²) in [4.78, 5) is 37.7. The summed E-state index contributed by atoms with van der Waals surface area (Å²) in [7, 11) is 3.48. The molecule has 1 saturated carbocycles. The molecule has 1 aromatic rings. The molecule has 0 spiro atoms. The van der Waals surface area contributed by atoms with Gasteiger partial charge >= 0.3 is 5.97 Å². The van der Waals surface area contributed by atoms with Crippen LogP contribution in [0, 0.1) is 11.8 Å². The molecule has 3 rings (SSSR count). The van der Waals surface area contributed by atoms with Crippen LogP contribution in [0.5, 0.6) is 0 Å². The van der Waals surface area contributed by atoms with Gasteiger partial charge in [-0.05, 0) is 19.3 Å². The zero-order valence-corrected chi connectivity index (χ0v) is 13.4. The Morgan fingerprint density at radius 3 is 2.65 bits per heavy atom. The van der Waals surface area contributed by atoms with E-state index in [0.29, 0.717) is 12.8 Å². The van der Waals surface area contributed by atoms with Crippen molar-refractivity contribution in [3.05, 3.63) is 18.0 Å². The predicted molar refractivity (Wildman–Crippen MR) is 80.1 cm³/mol. The van der Waals surface area contributed by atoms with E-state index in [0.717, 1.165) is 18.4 Å². The SMILES string of the molecule is CN1C(=O)CC[C@@H](C(=O)OCC(=O)C2CC2)[C@@H]1c1cnn(C)c1. The number of ether oxygens (including phenoxy) is 1. The van der Waals surface area contributed by atoms with Crippen molar-refractivity contribution in [2.24, 2.45) is 18.9 Å². The number of esters is 1. The van der Waals surface area contributed by atoms with Gasteiger partial charge in [-0.15, -0.1) is 0 Å². The van der Waals surface area contributed by atoms with E-state index in [1.807, 2.05) is 0 Å². The van der Waals surface area contributed by atoms with Gasteiger partial charge in [-0.3, -0.25) is 19.1 Å². The van der Waals surface area contributed by atoms with Crippen molar-refractivity contribution in [1.29, 1.82) is 0 Å². The summed E-state index contributed by atoms with van der Waals surface area (Å²) in [5.41, 5.74) is 0.804. The molecule has 7 heteroatoms. The van der Waals surface area contributed by atoms with Gasteiger partial charge in [0.15, 0.2) is 5.78 Å². The fourth-order valence-electron chi connectivity index (χ4n) is 3.11. The molecule has 0 bridgehead atoms. The molecule has 2 fully saturated rings. The molecule has 7 nitrogen and oxygen atoms in total. The van der Waals surface area contributed by atoms with Crippen molar-refractivity contribution in [3.8, 4) is 0 Å². The number of Topliss-reactive ketones (excluding diaryl/α,β-unsaturated/α-hetero) is 1. The third kappa shape index (κ3) is 3.28. The first-order chi connectivity index (χ1) is 11.0. The molecule has 0 N–H and O–H groups in total. The Bertz CT molecular complexity index is 635. The molecule has 2 heterocycles. The topological polar surface area (TPSA) is 81.5 Å². The summed E-state index contributed by atoms with van der Waals surface area (Å²) in [6, 6.07) is -0.395. The Labute approximate surface area is 134 Å². The lowest BCUT2D eigenvalue weighted by Gasteiger charge is -2.37. The lowest BCUT2D eigenvalue weighted by molar-refractivity contribution is -0.158. The van der Waals surface area contributed by atoms with Gasteiger partial charge in [0.1, 0.15) is 6.61 Å². The third-order valence-electron chi connectivity index (χ3n) is 4.62. The summed E-state index contributed by atoms with van der Waals surface area (Å²) >= 11 is 0. The number of piperidine rings is 1. The quantitative estimate of drug-likeness (QED) is 0.752. The number of amides is 1. The minimum Gasteiger partial charge on any atom is -0.457 e. The van der Waals surface area contributed by atoms with E-state index >= 15 is 0 Å². The lowest BCUT2D eigenvalue weighted by Crippen LogP contribution is -2.43. The largest absolute Gasteiger partial charge is 0.457 e. The molecule has 0 aromatic carbocycles. The van der Waals surface area contributed by atoms with Crippen LogP contribution in [0.3, 0.4) is 0 Å². The second kappa shape index (κ2) is 6.14. The zero-order valence-electron chi connectivity index (χ0n) is 13.4. The number of aromatic nitrogens is 2. The average molecular weight is 319 g/mol. The number of likely N-dealkylation sites (tertiary alicyclic amines) is 1. The number of carbonyl (C=O) groups excluding carboxylic acids is 3. The summed E-state index contributed by atoms with van der Waals surface area (Å²) in [6.45, 7) is -0.155. The first-order valence-corrected chi connectivity index (χ1v) is 7.91.